The minimum absolute atomic E-state index is 0.532. The summed E-state index contributed by atoms with van der Waals surface area (Å²) >= 11 is 0. The lowest BCUT2D eigenvalue weighted by atomic mass is 10.4. The van der Waals surface area contributed by atoms with Gasteiger partial charge in [-0.2, -0.15) is 20.2 Å². The minimum Gasteiger partial charge on any atom is -0.357 e. The number of aromatic nitrogens is 6. The van der Waals surface area contributed by atoms with E-state index in [-0.39, 0.29) is 0 Å². The van der Waals surface area contributed by atoms with E-state index in [4.69, 9.17) is 0 Å². The van der Waals surface area contributed by atoms with E-state index in [0.717, 1.165) is 10.9 Å². The molecule has 17 heavy (non-hydrogen) atoms. The molecule has 0 aliphatic carbocycles. The molecular weight excluding hydrogens is 218 g/mol. The quantitative estimate of drug-likeness (QED) is 0.681. The van der Waals surface area contributed by atoms with Crippen molar-refractivity contribution in [1.29, 1.82) is 0 Å². The maximum absolute atomic E-state index is 4.39. The largest absolute Gasteiger partial charge is 0.357 e. The second-order valence-corrected chi connectivity index (χ2v) is 3.72. The molecule has 0 atom stereocenters. The highest BCUT2D eigenvalue weighted by Gasteiger charge is 2.11. The summed E-state index contributed by atoms with van der Waals surface area (Å²) in [5, 5.41) is 14.8. The number of aromatic amines is 1. The van der Waals surface area contributed by atoms with Crippen LogP contribution < -0.4 is 5.32 Å². The Bertz CT molecular complexity index is 666. The Morgan fingerprint density at radius 1 is 1.29 bits per heavy atom. The van der Waals surface area contributed by atoms with Crippen molar-refractivity contribution in [2.24, 2.45) is 0 Å². The molecule has 0 fully saturated rings. The highest BCUT2D eigenvalue weighted by molar-refractivity contribution is 5.82. The SMILES string of the molecule is CNc1nc(-n2cc(C)cn2)c2cn[nH]c2n1. The topological polar surface area (TPSA) is 84.3 Å². The van der Waals surface area contributed by atoms with Crippen LogP contribution in [0.1, 0.15) is 5.56 Å². The standard InChI is InChI=1S/C10H11N7/c1-6-3-13-17(5-6)9-7-4-12-16-8(7)14-10(11-2)15-9/h3-5H,1-2H3,(H2,11,12,14,15,16). The Hall–Kier alpha value is -2.44. The number of nitrogens with one attached hydrogen (secondary N) is 2. The number of nitrogens with zero attached hydrogens (tertiary/aromatic N) is 5. The Morgan fingerprint density at radius 3 is 2.88 bits per heavy atom. The Labute approximate surface area is 96.9 Å². The van der Waals surface area contributed by atoms with Crippen LogP contribution in [0.15, 0.2) is 18.6 Å². The van der Waals surface area contributed by atoms with E-state index >= 15 is 0 Å². The molecule has 0 saturated heterocycles. The van der Waals surface area contributed by atoms with Crippen LogP contribution in [0.2, 0.25) is 0 Å². The average molecular weight is 229 g/mol. The third kappa shape index (κ3) is 1.52. The van der Waals surface area contributed by atoms with Gasteiger partial charge in [0.2, 0.25) is 5.95 Å². The summed E-state index contributed by atoms with van der Waals surface area (Å²) in [7, 11) is 1.77. The normalized spacial score (nSPS) is 10.9. The fourth-order valence-corrected chi connectivity index (χ4v) is 1.63. The molecule has 86 valence electrons. The van der Waals surface area contributed by atoms with Gasteiger partial charge in [-0.3, -0.25) is 5.10 Å². The van der Waals surface area contributed by atoms with Gasteiger partial charge in [0.1, 0.15) is 0 Å². The summed E-state index contributed by atoms with van der Waals surface area (Å²) in [6.45, 7) is 1.98. The zero-order valence-electron chi connectivity index (χ0n) is 9.47. The third-order valence-corrected chi connectivity index (χ3v) is 2.44. The van der Waals surface area contributed by atoms with Crippen LogP contribution in [0.25, 0.3) is 16.9 Å². The summed E-state index contributed by atoms with van der Waals surface area (Å²) in [6.07, 6.45) is 5.39. The number of fused-ring (bicyclic) bond motifs is 1. The van der Waals surface area contributed by atoms with Crippen LogP contribution in [0, 0.1) is 6.92 Å². The van der Waals surface area contributed by atoms with E-state index < -0.39 is 0 Å². The Balaban J connectivity index is 2.29. The van der Waals surface area contributed by atoms with Crippen LogP contribution in [-0.2, 0) is 0 Å². The summed E-state index contributed by atoms with van der Waals surface area (Å²) < 4.78 is 1.72. The molecule has 3 aromatic heterocycles. The second kappa shape index (κ2) is 3.55. The van der Waals surface area contributed by atoms with Crippen LogP contribution in [0.3, 0.4) is 0 Å². The van der Waals surface area contributed by atoms with Crippen molar-refractivity contribution in [3.05, 3.63) is 24.2 Å². The number of hydrogen-bond donors (Lipinski definition) is 2. The van der Waals surface area contributed by atoms with Crippen LogP contribution in [-0.4, -0.2) is 37.0 Å². The molecule has 0 saturated carbocycles. The lowest BCUT2D eigenvalue weighted by molar-refractivity contribution is 0.852. The lowest BCUT2D eigenvalue weighted by Crippen LogP contribution is -2.04. The van der Waals surface area contributed by atoms with Gasteiger partial charge in [-0.15, -0.1) is 0 Å². The number of aryl methyl sites for hydroxylation is 1. The Morgan fingerprint density at radius 2 is 2.18 bits per heavy atom. The fourth-order valence-electron chi connectivity index (χ4n) is 1.63. The molecule has 2 N–H and O–H groups in total. The Kier molecular flexibility index (Phi) is 2.04. The number of rotatable bonds is 2. The first-order chi connectivity index (χ1) is 8.28. The van der Waals surface area contributed by atoms with Crippen molar-refractivity contribution < 1.29 is 0 Å². The maximum atomic E-state index is 4.39. The highest BCUT2D eigenvalue weighted by Crippen LogP contribution is 2.18. The molecule has 7 nitrogen and oxygen atoms in total. The van der Waals surface area contributed by atoms with Crippen molar-refractivity contribution in [3.8, 4) is 5.82 Å². The van der Waals surface area contributed by atoms with E-state index in [9.17, 15) is 0 Å². The first-order valence-electron chi connectivity index (χ1n) is 5.18. The average Bonchev–Trinajstić information content (AvgIpc) is 2.95. The predicted octanol–water partition coefficient (Wildman–Crippen LogP) is 0.889. The number of H-pyrrole nitrogens is 1. The van der Waals surface area contributed by atoms with Crippen LogP contribution in [0.4, 0.5) is 5.95 Å². The molecule has 0 bridgehead atoms. The van der Waals surface area contributed by atoms with Crippen molar-refractivity contribution in [3.63, 3.8) is 0 Å². The maximum Gasteiger partial charge on any atom is 0.226 e. The lowest BCUT2D eigenvalue weighted by Gasteiger charge is -2.04. The molecule has 3 rings (SSSR count). The van der Waals surface area contributed by atoms with E-state index in [1.165, 1.54) is 0 Å². The summed E-state index contributed by atoms with van der Waals surface area (Å²) in [5.41, 5.74) is 1.76. The smallest absolute Gasteiger partial charge is 0.226 e. The zero-order valence-corrected chi connectivity index (χ0v) is 9.47. The van der Waals surface area contributed by atoms with Gasteiger partial charge in [0, 0.05) is 13.2 Å². The van der Waals surface area contributed by atoms with Gasteiger partial charge in [-0.25, -0.2) is 4.68 Å². The van der Waals surface area contributed by atoms with Crippen LogP contribution in [0.5, 0.6) is 0 Å². The van der Waals surface area contributed by atoms with Crippen molar-refractivity contribution in [2.45, 2.75) is 6.92 Å². The predicted molar refractivity (Wildman–Crippen MR) is 63.1 cm³/mol. The monoisotopic (exact) mass is 229 g/mol. The van der Waals surface area contributed by atoms with Gasteiger partial charge in [0.05, 0.1) is 17.8 Å². The van der Waals surface area contributed by atoms with E-state index in [1.54, 1.807) is 24.1 Å². The molecule has 0 radical (unpaired) electrons. The van der Waals surface area contributed by atoms with Gasteiger partial charge in [0.15, 0.2) is 11.5 Å². The zero-order chi connectivity index (χ0) is 11.8. The molecule has 3 heterocycles. The van der Waals surface area contributed by atoms with Crippen molar-refractivity contribution >= 4 is 17.0 Å². The summed E-state index contributed by atoms with van der Waals surface area (Å²) in [5.74, 6) is 1.24. The third-order valence-electron chi connectivity index (χ3n) is 2.44. The van der Waals surface area contributed by atoms with E-state index in [1.807, 2.05) is 13.1 Å². The van der Waals surface area contributed by atoms with Gasteiger partial charge >= 0.3 is 0 Å². The molecule has 7 heteroatoms. The van der Waals surface area contributed by atoms with Crippen LogP contribution >= 0.6 is 0 Å². The molecule has 0 aromatic carbocycles. The second-order valence-electron chi connectivity index (χ2n) is 3.72. The van der Waals surface area contributed by atoms with Gasteiger partial charge < -0.3 is 5.32 Å². The van der Waals surface area contributed by atoms with E-state index in [0.29, 0.717) is 17.4 Å². The van der Waals surface area contributed by atoms with Gasteiger partial charge in [-0.05, 0) is 12.5 Å². The molecule has 0 aliphatic rings. The fraction of sp³-hybridized carbons (Fsp3) is 0.200. The summed E-state index contributed by atoms with van der Waals surface area (Å²) in [6, 6.07) is 0. The van der Waals surface area contributed by atoms with E-state index in [2.05, 4.69) is 30.6 Å². The highest BCUT2D eigenvalue weighted by atomic mass is 15.3. The first kappa shape index (κ1) is 9.76. The summed E-state index contributed by atoms with van der Waals surface area (Å²) in [4.78, 5) is 8.66. The molecular formula is C10H11N7. The van der Waals surface area contributed by atoms with Gasteiger partial charge in [0.25, 0.3) is 0 Å². The minimum atomic E-state index is 0.532. The number of anilines is 1. The van der Waals surface area contributed by atoms with Gasteiger partial charge in [-0.1, -0.05) is 0 Å². The molecule has 0 unspecified atom stereocenters. The first-order valence-corrected chi connectivity index (χ1v) is 5.18. The molecule has 0 amide bonds. The van der Waals surface area contributed by atoms with Crippen molar-refractivity contribution in [2.75, 3.05) is 12.4 Å². The number of hydrogen-bond acceptors (Lipinski definition) is 5. The van der Waals surface area contributed by atoms with Crippen molar-refractivity contribution in [1.82, 2.24) is 29.9 Å². The molecule has 0 aliphatic heterocycles. The molecule has 3 aromatic rings. The molecule has 0 spiro atoms.